The number of rotatable bonds is 7. The Kier molecular flexibility index (Phi) is 7.64. The van der Waals surface area contributed by atoms with Crippen LogP contribution in [0.5, 0.6) is 0 Å². The Balaban J connectivity index is 1.31. The summed E-state index contributed by atoms with van der Waals surface area (Å²) in [6.45, 7) is 3.73. The average Bonchev–Trinajstić information content (AvgIpc) is 3.52. The van der Waals surface area contributed by atoms with Crippen LogP contribution in [-0.4, -0.2) is 47.5 Å². The maximum absolute atomic E-state index is 12.2. The van der Waals surface area contributed by atoms with Gasteiger partial charge in [0.15, 0.2) is 5.76 Å². The Bertz CT molecular complexity index is 1170. The third-order valence-electron chi connectivity index (χ3n) is 5.66. The number of hydrogen-bond donors (Lipinski definition) is 2. The highest BCUT2D eigenvalue weighted by Crippen LogP contribution is 2.24. The molecule has 34 heavy (non-hydrogen) atoms. The zero-order chi connectivity index (χ0) is 24.1. The van der Waals surface area contributed by atoms with Gasteiger partial charge in [-0.2, -0.15) is 0 Å². The lowest BCUT2D eigenvalue weighted by Gasteiger charge is -2.32. The molecule has 2 aromatic heterocycles. The number of amides is 1. The largest absolute Gasteiger partial charge is 0.466 e. The van der Waals surface area contributed by atoms with Gasteiger partial charge in [0, 0.05) is 30.3 Å². The minimum Gasteiger partial charge on any atom is -0.466 e. The van der Waals surface area contributed by atoms with Crippen LogP contribution >= 0.6 is 22.9 Å². The fourth-order valence-electron chi connectivity index (χ4n) is 3.80. The van der Waals surface area contributed by atoms with Crippen molar-refractivity contribution in [1.29, 1.82) is 5.41 Å². The lowest BCUT2D eigenvalue weighted by molar-refractivity contribution is -0.149. The fourth-order valence-corrected chi connectivity index (χ4v) is 4.76. The molecule has 8 nitrogen and oxygen atoms in total. The minimum atomic E-state index is -0.219. The van der Waals surface area contributed by atoms with Gasteiger partial charge in [-0.05, 0) is 31.9 Å². The van der Waals surface area contributed by atoms with Gasteiger partial charge >= 0.3 is 5.97 Å². The van der Waals surface area contributed by atoms with E-state index in [-0.39, 0.29) is 24.3 Å². The summed E-state index contributed by atoms with van der Waals surface area (Å²) in [6.07, 6.45) is 1.38. The van der Waals surface area contributed by atoms with Crippen molar-refractivity contribution >= 4 is 40.6 Å². The molecule has 0 radical (unpaired) electrons. The molecule has 178 valence electrons. The molecular weight excluding hydrogens is 476 g/mol. The van der Waals surface area contributed by atoms with E-state index >= 15 is 0 Å². The fraction of sp³-hybridized carbons (Fsp3) is 0.333. The molecule has 1 fully saturated rings. The predicted molar refractivity (Wildman–Crippen MR) is 130 cm³/mol. The maximum atomic E-state index is 12.2. The summed E-state index contributed by atoms with van der Waals surface area (Å²) in [6, 6.07) is 12.7. The van der Waals surface area contributed by atoms with Crippen molar-refractivity contribution in [1.82, 2.24) is 15.4 Å². The summed E-state index contributed by atoms with van der Waals surface area (Å²) >= 11 is 7.09. The molecule has 1 aromatic carbocycles. The van der Waals surface area contributed by atoms with Crippen molar-refractivity contribution in [3.63, 3.8) is 0 Å². The Labute approximate surface area is 206 Å². The van der Waals surface area contributed by atoms with Crippen molar-refractivity contribution in [2.75, 3.05) is 19.7 Å². The first-order chi connectivity index (χ1) is 16.4. The molecule has 4 rings (SSSR count). The van der Waals surface area contributed by atoms with Crippen molar-refractivity contribution in [3.05, 3.63) is 63.0 Å². The number of nitrogens with one attached hydrogen (secondary N) is 2. The van der Waals surface area contributed by atoms with Gasteiger partial charge in [0.1, 0.15) is 11.5 Å². The van der Waals surface area contributed by atoms with Gasteiger partial charge in [-0.15, -0.1) is 11.3 Å². The lowest BCUT2D eigenvalue weighted by atomic mass is 9.96. The van der Waals surface area contributed by atoms with E-state index < -0.39 is 0 Å². The van der Waals surface area contributed by atoms with Crippen LogP contribution < -0.4 is 5.32 Å². The number of esters is 1. The van der Waals surface area contributed by atoms with Crippen molar-refractivity contribution < 1.29 is 18.8 Å². The van der Waals surface area contributed by atoms with Gasteiger partial charge in [-0.3, -0.25) is 15.0 Å². The zero-order valence-corrected chi connectivity index (χ0v) is 20.2. The van der Waals surface area contributed by atoms with Gasteiger partial charge in [-0.1, -0.05) is 41.0 Å². The number of ether oxygens (including phenoxy) is 1. The average molecular weight is 501 g/mol. The Hall–Kier alpha value is -3.17. The van der Waals surface area contributed by atoms with Crippen LogP contribution in [0.15, 0.2) is 47.0 Å². The Morgan fingerprint density at radius 3 is 2.62 bits per heavy atom. The van der Waals surface area contributed by atoms with E-state index in [0.717, 1.165) is 11.1 Å². The van der Waals surface area contributed by atoms with E-state index in [1.54, 1.807) is 18.2 Å². The number of carbonyl (C=O) groups excluding carboxylic acids is 2. The third-order valence-corrected chi connectivity index (χ3v) is 6.89. The zero-order valence-electron chi connectivity index (χ0n) is 18.7. The number of hydrogen-bond acceptors (Lipinski definition) is 7. The molecule has 1 aliphatic heterocycles. The van der Waals surface area contributed by atoms with Gasteiger partial charge in [0.05, 0.1) is 28.3 Å². The van der Waals surface area contributed by atoms with E-state index in [2.05, 4.69) is 10.5 Å². The minimum absolute atomic E-state index is 0.0827. The van der Waals surface area contributed by atoms with E-state index in [1.165, 1.54) is 11.3 Å². The van der Waals surface area contributed by atoms with E-state index in [0.29, 0.717) is 59.0 Å². The summed E-state index contributed by atoms with van der Waals surface area (Å²) in [5, 5.41) is 15.4. The number of nitrogens with zero attached hydrogens (tertiary/aromatic N) is 2. The quantitative estimate of drug-likeness (QED) is 0.279. The highest BCUT2D eigenvalue weighted by atomic mass is 35.5. The predicted octanol–water partition coefficient (Wildman–Crippen LogP) is 4.59. The summed E-state index contributed by atoms with van der Waals surface area (Å²) in [5.74, 6) is 0.531. The molecule has 0 spiro atoms. The van der Waals surface area contributed by atoms with Crippen LogP contribution in [0.4, 0.5) is 0 Å². The second-order valence-corrected chi connectivity index (χ2v) is 9.62. The summed E-state index contributed by atoms with van der Waals surface area (Å²) < 4.78 is 11.0. The van der Waals surface area contributed by atoms with Crippen molar-refractivity contribution in [3.8, 4) is 11.3 Å². The topological polar surface area (TPSA) is 109 Å². The first kappa shape index (κ1) is 24.0. The van der Waals surface area contributed by atoms with Crippen LogP contribution in [0.1, 0.15) is 40.8 Å². The molecule has 3 heterocycles. The molecule has 2 N–H and O–H groups in total. The maximum Gasteiger partial charge on any atom is 0.309 e. The van der Waals surface area contributed by atoms with Crippen LogP contribution in [0, 0.1) is 11.3 Å². The van der Waals surface area contributed by atoms with E-state index in [9.17, 15) is 9.59 Å². The molecule has 0 bridgehead atoms. The molecular formula is C24H25ClN4O4S. The number of carbonyl (C=O) groups is 2. The van der Waals surface area contributed by atoms with E-state index in [1.807, 2.05) is 36.1 Å². The van der Waals surface area contributed by atoms with Crippen LogP contribution in [0.2, 0.25) is 4.34 Å². The number of amidine groups is 1. The number of aromatic nitrogens is 1. The summed E-state index contributed by atoms with van der Waals surface area (Å²) in [4.78, 5) is 26.6. The molecule has 0 unspecified atom stereocenters. The monoisotopic (exact) mass is 500 g/mol. The van der Waals surface area contributed by atoms with Gasteiger partial charge in [0.25, 0.3) is 5.91 Å². The molecule has 1 aliphatic rings. The van der Waals surface area contributed by atoms with Crippen molar-refractivity contribution in [2.45, 2.75) is 26.3 Å². The first-order valence-electron chi connectivity index (χ1n) is 11.0. The molecule has 1 saturated heterocycles. The Morgan fingerprint density at radius 2 is 1.97 bits per heavy atom. The number of halogens is 1. The molecule has 3 aromatic rings. The molecule has 0 saturated carbocycles. The molecule has 0 atom stereocenters. The normalized spacial score (nSPS) is 14.1. The first-order valence-corrected chi connectivity index (χ1v) is 12.2. The second kappa shape index (κ2) is 10.8. The number of thiophene rings is 1. The smallest absolute Gasteiger partial charge is 0.309 e. The lowest BCUT2D eigenvalue weighted by Crippen LogP contribution is -2.40. The SMILES string of the molecule is CCOC(=O)C1CCN(C(=N)c2ccc(-c3cc(CNC(=O)c4ccc(Cl)s4)on3)cc2)CC1. The van der Waals surface area contributed by atoms with E-state index in [4.69, 9.17) is 26.3 Å². The van der Waals surface area contributed by atoms with Crippen molar-refractivity contribution in [2.24, 2.45) is 5.92 Å². The number of piperidine rings is 1. The molecule has 10 heteroatoms. The van der Waals surface area contributed by atoms with Gasteiger partial charge in [-0.25, -0.2) is 0 Å². The van der Waals surface area contributed by atoms with Gasteiger partial charge in [0.2, 0.25) is 0 Å². The number of likely N-dealkylation sites (tertiary alicyclic amines) is 1. The summed E-state index contributed by atoms with van der Waals surface area (Å²) in [5.41, 5.74) is 2.30. The van der Waals surface area contributed by atoms with Crippen LogP contribution in [-0.2, 0) is 16.1 Å². The number of benzene rings is 1. The Morgan fingerprint density at radius 1 is 1.24 bits per heavy atom. The molecule has 0 aliphatic carbocycles. The van der Waals surface area contributed by atoms with Crippen LogP contribution in [0.25, 0.3) is 11.3 Å². The standard InChI is InChI=1S/C24H25ClN4O4S/c1-2-32-24(31)17-9-11-29(12-10-17)22(26)16-5-3-15(4-6-16)19-13-18(33-28-19)14-27-23(30)20-7-8-21(25)34-20/h3-8,13,17,26H,2,9-12,14H2,1H3,(H,27,30). The van der Waals surface area contributed by atoms with Gasteiger partial charge < -0.3 is 19.5 Å². The van der Waals surface area contributed by atoms with Crippen LogP contribution in [0.3, 0.4) is 0 Å². The highest BCUT2D eigenvalue weighted by molar-refractivity contribution is 7.17. The third kappa shape index (κ3) is 5.66. The second-order valence-electron chi connectivity index (χ2n) is 7.90. The highest BCUT2D eigenvalue weighted by Gasteiger charge is 2.27. The summed E-state index contributed by atoms with van der Waals surface area (Å²) in [7, 11) is 0. The molecule has 1 amide bonds.